The van der Waals surface area contributed by atoms with Crippen molar-refractivity contribution in [3.8, 4) is 11.1 Å². The Morgan fingerprint density at radius 3 is 2.67 bits per heavy atom. The average Bonchev–Trinajstić information content (AvgIpc) is 2.99. The zero-order chi connectivity index (χ0) is 17.4. The topological polar surface area (TPSA) is 55.1 Å². The third kappa shape index (κ3) is 2.70. The number of nitrogens with one attached hydrogen (secondary N) is 1. The quantitative estimate of drug-likeness (QED) is 0.788. The molecule has 0 spiro atoms. The molecule has 0 bridgehead atoms. The molecule has 1 atom stereocenters. The number of anilines is 1. The highest BCUT2D eigenvalue weighted by Gasteiger charge is 2.21. The van der Waals surface area contributed by atoms with Crippen molar-refractivity contribution in [3.63, 3.8) is 0 Å². The first-order chi connectivity index (χ1) is 11.4. The third-order valence-corrected chi connectivity index (χ3v) is 4.12. The summed E-state index contributed by atoms with van der Waals surface area (Å²) in [7, 11) is 0. The Labute approximate surface area is 138 Å². The Hall–Kier alpha value is -2.57. The molecule has 126 valence electrons. The molecule has 0 saturated carbocycles. The number of benzene rings is 1. The van der Waals surface area contributed by atoms with E-state index in [1.165, 1.54) is 29.9 Å². The molecule has 5 nitrogen and oxygen atoms in total. The summed E-state index contributed by atoms with van der Waals surface area (Å²) in [5.41, 5.74) is 1.47. The van der Waals surface area contributed by atoms with Gasteiger partial charge in [-0.25, -0.2) is 13.8 Å². The van der Waals surface area contributed by atoms with E-state index in [0.717, 1.165) is 6.42 Å². The first-order valence-electron chi connectivity index (χ1n) is 7.85. The van der Waals surface area contributed by atoms with Crippen LogP contribution in [0.5, 0.6) is 0 Å². The second-order valence-electron chi connectivity index (χ2n) is 5.93. The van der Waals surface area contributed by atoms with Crippen LogP contribution < -0.4 is 5.32 Å². The summed E-state index contributed by atoms with van der Waals surface area (Å²) in [6.45, 7) is 7.33. The van der Waals surface area contributed by atoms with E-state index in [-0.39, 0.29) is 17.2 Å². The predicted octanol–water partition coefficient (Wildman–Crippen LogP) is 3.90. The Kier molecular flexibility index (Phi) is 4.17. The van der Waals surface area contributed by atoms with Gasteiger partial charge in [0.15, 0.2) is 0 Å². The first kappa shape index (κ1) is 16.3. The molecule has 0 amide bonds. The van der Waals surface area contributed by atoms with Crippen molar-refractivity contribution >= 4 is 11.6 Å². The summed E-state index contributed by atoms with van der Waals surface area (Å²) in [6, 6.07) is 2.53. The van der Waals surface area contributed by atoms with Crippen LogP contribution in [0.25, 0.3) is 16.9 Å². The number of rotatable bonds is 4. The molecule has 0 radical (unpaired) electrons. The number of halogens is 2. The van der Waals surface area contributed by atoms with Gasteiger partial charge in [-0.1, -0.05) is 6.92 Å². The maximum Gasteiger partial charge on any atom is 0.254 e. The van der Waals surface area contributed by atoms with Gasteiger partial charge in [0.2, 0.25) is 0 Å². The second-order valence-corrected chi connectivity index (χ2v) is 5.93. The van der Waals surface area contributed by atoms with E-state index in [9.17, 15) is 8.78 Å². The molecule has 0 aliphatic carbocycles. The van der Waals surface area contributed by atoms with Gasteiger partial charge in [0.25, 0.3) is 5.78 Å². The van der Waals surface area contributed by atoms with E-state index >= 15 is 0 Å². The largest absolute Gasteiger partial charge is 0.367 e. The Morgan fingerprint density at radius 1 is 1.21 bits per heavy atom. The molecule has 7 heteroatoms. The zero-order valence-electron chi connectivity index (χ0n) is 14.1. The minimum absolute atomic E-state index is 0.122. The number of aromatic nitrogens is 4. The van der Waals surface area contributed by atoms with Crippen LogP contribution in [0.4, 0.5) is 14.6 Å². The lowest BCUT2D eigenvalue weighted by Gasteiger charge is -2.19. The highest BCUT2D eigenvalue weighted by molar-refractivity contribution is 5.79. The molecule has 3 aromatic rings. The van der Waals surface area contributed by atoms with Gasteiger partial charge in [-0.15, -0.1) is 0 Å². The van der Waals surface area contributed by atoms with Crippen LogP contribution in [0.3, 0.4) is 0 Å². The number of hydrogen-bond acceptors (Lipinski definition) is 4. The summed E-state index contributed by atoms with van der Waals surface area (Å²) in [5.74, 6) is 0.0194. The second kappa shape index (κ2) is 6.14. The van der Waals surface area contributed by atoms with E-state index in [0.29, 0.717) is 22.9 Å². The monoisotopic (exact) mass is 331 g/mol. The van der Waals surface area contributed by atoms with Crippen LogP contribution in [-0.4, -0.2) is 25.6 Å². The van der Waals surface area contributed by atoms with Gasteiger partial charge in [0.05, 0.1) is 5.69 Å². The lowest BCUT2D eigenvalue weighted by atomic mass is 10.0. The molecule has 1 aromatic carbocycles. The van der Waals surface area contributed by atoms with E-state index in [1.807, 2.05) is 13.8 Å². The number of nitrogens with zero attached hydrogens (tertiary/aromatic N) is 4. The molecular formula is C17H19F2N5. The van der Waals surface area contributed by atoms with Gasteiger partial charge in [-0.3, -0.25) is 0 Å². The van der Waals surface area contributed by atoms with E-state index in [1.54, 1.807) is 6.92 Å². The van der Waals surface area contributed by atoms with Crippen LogP contribution in [-0.2, 0) is 0 Å². The van der Waals surface area contributed by atoms with E-state index in [4.69, 9.17) is 0 Å². The van der Waals surface area contributed by atoms with Crippen molar-refractivity contribution < 1.29 is 8.78 Å². The fraction of sp³-hybridized carbons (Fsp3) is 0.353. The van der Waals surface area contributed by atoms with Crippen molar-refractivity contribution in [1.29, 1.82) is 0 Å². The highest BCUT2D eigenvalue weighted by Crippen LogP contribution is 2.34. The molecular weight excluding hydrogens is 312 g/mol. The number of hydrogen-bond donors (Lipinski definition) is 1. The maximum absolute atomic E-state index is 14.6. The van der Waals surface area contributed by atoms with Crippen molar-refractivity contribution in [2.75, 3.05) is 5.32 Å². The summed E-state index contributed by atoms with van der Waals surface area (Å²) in [4.78, 5) is 8.45. The molecule has 1 N–H and O–H groups in total. The molecule has 1 unspecified atom stereocenters. The van der Waals surface area contributed by atoms with Gasteiger partial charge >= 0.3 is 0 Å². The summed E-state index contributed by atoms with van der Waals surface area (Å²) < 4.78 is 30.1. The maximum atomic E-state index is 14.6. The first-order valence-corrected chi connectivity index (χ1v) is 7.85. The third-order valence-electron chi connectivity index (χ3n) is 4.12. The Morgan fingerprint density at radius 2 is 1.96 bits per heavy atom. The van der Waals surface area contributed by atoms with Crippen molar-refractivity contribution in [3.05, 3.63) is 41.4 Å². The lowest BCUT2D eigenvalue weighted by molar-refractivity contribution is 0.595. The summed E-state index contributed by atoms with van der Waals surface area (Å²) >= 11 is 0. The number of fused-ring (bicyclic) bond motifs is 1. The summed E-state index contributed by atoms with van der Waals surface area (Å²) in [5, 5.41) is 7.49. The van der Waals surface area contributed by atoms with Crippen molar-refractivity contribution in [2.24, 2.45) is 0 Å². The van der Waals surface area contributed by atoms with Gasteiger partial charge in [-0.05, 0) is 44.9 Å². The van der Waals surface area contributed by atoms with Crippen LogP contribution >= 0.6 is 0 Å². The minimum Gasteiger partial charge on any atom is -0.367 e. The molecule has 0 aliphatic rings. The van der Waals surface area contributed by atoms with Crippen molar-refractivity contribution in [1.82, 2.24) is 19.6 Å². The molecule has 2 aromatic heterocycles. The van der Waals surface area contributed by atoms with E-state index in [2.05, 4.69) is 20.4 Å². The van der Waals surface area contributed by atoms with Gasteiger partial charge < -0.3 is 5.32 Å². The zero-order valence-corrected chi connectivity index (χ0v) is 14.1. The van der Waals surface area contributed by atoms with Crippen LogP contribution in [0.15, 0.2) is 18.5 Å². The summed E-state index contributed by atoms with van der Waals surface area (Å²) in [6.07, 6.45) is 2.25. The standard InChI is InChI=1S/C17H19F2N5/c1-5-10(3)22-16-15(11(4)23-17-20-8-21-24(16)17)12-7-13(18)9(2)6-14(12)19/h6-8,10,22H,5H2,1-4H3. The minimum atomic E-state index is -0.495. The van der Waals surface area contributed by atoms with E-state index < -0.39 is 11.6 Å². The Bertz CT molecular complexity index is 904. The highest BCUT2D eigenvalue weighted by atomic mass is 19.1. The molecule has 24 heavy (non-hydrogen) atoms. The average molecular weight is 331 g/mol. The fourth-order valence-electron chi connectivity index (χ4n) is 2.58. The SMILES string of the molecule is CCC(C)Nc1c(-c2cc(F)c(C)cc2F)c(C)nc2ncnn12. The molecule has 2 heterocycles. The number of aryl methyl sites for hydroxylation is 2. The van der Waals surface area contributed by atoms with Crippen LogP contribution in [0.2, 0.25) is 0 Å². The van der Waals surface area contributed by atoms with Crippen molar-refractivity contribution in [2.45, 2.75) is 40.2 Å². The fourth-order valence-corrected chi connectivity index (χ4v) is 2.58. The molecule has 3 rings (SSSR count). The Balaban J connectivity index is 2.32. The smallest absolute Gasteiger partial charge is 0.254 e. The van der Waals surface area contributed by atoms with Gasteiger partial charge in [-0.2, -0.15) is 14.6 Å². The van der Waals surface area contributed by atoms with Crippen LogP contribution in [0.1, 0.15) is 31.5 Å². The molecule has 0 fully saturated rings. The molecule has 0 saturated heterocycles. The van der Waals surface area contributed by atoms with Gasteiger partial charge in [0.1, 0.15) is 23.8 Å². The predicted molar refractivity (Wildman–Crippen MR) is 89.0 cm³/mol. The lowest BCUT2D eigenvalue weighted by Crippen LogP contribution is -2.18. The molecule has 0 aliphatic heterocycles. The normalized spacial score (nSPS) is 12.6. The van der Waals surface area contributed by atoms with Crippen LogP contribution in [0, 0.1) is 25.5 Å². The van der Waals surface area contributed by atoms with Gasteiger partial charge in [0, 0.05) is 17.2 Å².